The number of hydrogen-bond acceptors (Lipinski definition) is 7. The Kier molecular flexibility index (Phi) is 5.74. The average molecular weight is 534 g/mol. The number of piperidine rings is 1. The Hall–Kier alpha value is -3.30. The number of carbonyl (C=O) groups is 1. The fraction of sp³-hybridized carbons (Fsp3) is 0.414. The summed E-state index contributed by atoms with van der Waals surface area (Å²) in [4.78, 5) is 18.9. The van der Waals surface area contributed by atoms with Gasteiger partial charge in [0.05, 0.1) is 28.5 Å². The first-order chi connectivity index (χ1) is 18.5. The molecule has 7 nitrogen and oxygen atoms in total. The second-order valence-corrected chi connectivity index (χ2v) is 11.8. The van der Waals surface area contributed by atoms with Crippen molar-refractivity contribution in [2.24, 2.45) is 0 Å². The molecule has 1 N–H and O–H groups in total. The molecule has 3 atom stereocenters. The maximum absolute atomic E-state index is 14.6. The zero-order chi connectivity index (χ0) is 26.0. The Labute approximate surface area is 223 Å². The van der Waals surface area contributed by atoms with Crippen LogP contribution in [0.5, 0.6) is 0 Å². The van der Waals surface area contributed by atoms with Gasteiger partial charge in [0.1, 0.15) is 17.3 Å². The number of carboxylic acid groups (broad SMARTS) is 1. The summed E-state index contributed by atoms with van der Waals surface area (Å²) < 4.78 is 27.7. The fourth-order valence-corrected chi connectivity index (χ4v) is 7.41. The predicted octanol–water partition coefficient (Wildman–Crippen LogP) is 6.69. The summed E-state index contributed by atoms with van der Waals surface area (Å²) in [5.41, 5.74) is 3.95. The Bertz CT molecular complexity index is 1530. The molecule has 7 rings (SSSR count). The number of ether oxygens (including phenoxy) is 1. The van der Waals surface area contributed by atoms with Crippen LogP contribution in [-0.4, -0.2) is 39.4 Å². The van der Waals surface area contributed by atoms with E-state index in [9.17, 15) is 14.3 Å². The van der Waals surface area contributed by atoms with Gasteiger partial charge in [-0.25, -0.2) is 14.2 Å². The lowest BCUT2D eigenvalue weighted by Gasteiger charge is -2.38. The van der Waals surface area contributed by atoms with E-state index in [0.29, 0.717) is 41.4 Å². The molecule has 38 heavy (non-hydrogen) atoms. The molecule has 3 fully saturated rings. The molecular formula is C29H28FN3O4S. The van der Waals surface area contributed by atoms with Gasteiger partial charge in [0.25, 0.3) is 0 Å². The quantitative estimate of drug-likeness (QED) is 0.283. The van der Waals surface area contributed by atoms with Crippen molar-refractivity contribution < 1.29 is 23.6 Å². The van der Waals surface area contributed by atoms with Gasteiger partial charge < -0.3 is 19.3 Å². The number of aromatic carboxylic acids is 1. The topological polar surface area (TPSA) is 88.7 Å². The van der Waals surface area contributed by atoms with E-state index in [1.54, 1.807) is 35.6 Å². The first-order valence-corrected chi connectivity index (χ1v) is 14.1. The lowest BCUT2D eigenvalue weighted by molar-refractivity contribution is 0.0147. The minimum Gasteiger partial charge on any atom is -0.478 e. The lowest BCUT2D eigenvalue weighted by Crippen LogP contribution is -2.45. The number of fused-ring (bicyclic) bond motifs is 3. The molecule has 9 heteroatoms. The highest BCUT2D eigenvalue weighted by molar-refractivity contribution is 7.22. The molecule has 2 aromatic carbocycles. The van der Waals surface area contributed by atoms with Crippen LogP contribution in [0.25, 0.3) is 21.5 Å². The van der Waals surface area contributed by atoms with Crippen molar-refractivity contribution in [3.63, 3.8) is 0 Å². The summed E-state index contributed by atoms with van der Waals surface area (Å²) in [5, 5.41) is 14.7. The van der Waals surface area contributed by atoms with E-state index in [-0.39, 0.29) is 11.9 Å². The summed E-state index contributed by atoms with van der Waals surface area (Å²) in [6.07, 6.45) is 6.18. The summed E-state index contributed by atoms with van der Waals surface area (Å²) in [6, 6.07) is 10.8. The Morgan fingerprint density at radius 3 is 2.66 bits per heavy atom. The SMILES string of the molecule is Cc1cc(C(=O)O)cc2sc(N3[C@@H]4CC[C@H]3CC(OCc3c(-c5ccccc5F)noc3C3CC3)C4)nc12. The molecule has 0 spiro atoms. The largest absolute Gasteiger partial charge is 0.478 e. The van der Waals surface area contributed by atoms with Gasteiger partial charge in [0.2, 0.25) is 0 Å². The summed E-state index contributed by atoms with van der Waals surface area (Å²) in [7, 11) is 0. The maximum atomic E-state index is 14.6. The summed E-state index contributed by atoms with van der Waals surface area (Å²) >= 11 is 1.58. The molecule has 4 aromatic rings. The van der Waals surface area contributed by atoms with Gasteiger partial charge in [0, 0.05) is 29.1 Å². The summed E-state index contributed by atoms with van der Waals surface area (Å²) in [6.45, 7) is 2.28. The number of anilines is 1. The van der Waals surface area contributed by atoms with Crippen LogP contribution >= 0.6 is 11.3 Å². The molecule has 0 radical (unpaired) electrons. The van der Waals surface area contributed by atoms with Crippen molar-refractivity contribution in [2.45, 2.75) is 76.2 Å². The molecular weight excluding hydrogens is 505 g/mol. The minimum atomic E-state index is -0.918. The number of aromatic nitrogens is 2. The van der Waals surface area contributed by atoms with Crippen molar-refractivity contribution in [3.8, 4) is 11.3 Å². The van der Waals surface area contributed by atoms with Crippen molar-refractivity contribution in [2.75, 3.05) is 4.90 Å². The van der Waals surface area contributed by atoms with E-state index in [0.717, 1.165) is 70.8 Å². The lowest BCUT2D eigenvalue weighted by atomic mass is 10.00. The van der Waals surface area contributed by atoms with Gasteiger partial charge in [-0.05, 0) is 75.3 Å². The molecule has 1 saturated carbocycles. The van der Waals surface area contributed by atoms with Crippen LogP contribution < -0.4 is 4.90 Å². The molecule has 1 aliphatic carbocycles. The number of halogens is 1. The third kappa shape index (κ3) is 4.08. The Morgan fingerprint density at radius 1 is 1.18 bits per heavy atom. The second-order valence-electron chi connectivity index (χ2n) is 10.8. The number of rotatable bonds is 7. The van der Waals surface area contributed by atoms with Gasteiger partial charge in [0.15, 0.2) is 5.13 Å². The average Bonchev–Trinajstić information content (AvgIpc) is 3.41. The van der Waals surface area contributed by atoms with Crippen molar-refractivity contribution in [3.05, 3.63) is 64.7 Å². The minimum absolute atomic E-state index is 0.0916. The first kappa shape index (κ1) is 23.8. The van der Waals surface area contributed by atoms with E-state index in [1.165, 1.54) is 6.07 Å². The monoisotopic (exact) mass is 533 g/mol. The highest BCUT2D eigenvalue weighted by atomic mass is 32.1. The van der Waals surface area contributed by atoms with Crippen molar-refractivity contribution >= 4 is 32.7 Å². The van der Waals surface area contributed by atoms with Gasteiger partial charge in [-0.3, -0.25) is 0 Å². The molecule has 2 aromatic heterocycles. The second kappa shape index (κ2) is 9.17. The Morgan fingerprint density at radius 2 is 1.95 bits per heavy atom. The van der Waals surface area contributed by atoms with E-state index >= 15 is 0 Å². The molecule has 196 valence electrons. The highest BCUT2D eigenvalue weighted by Gasteiger charge is 2.43. The van der Waals surface area contributed by atoms with Crippen LogP contribution in [0.1, 0.15) is 71.7 Å². The number of thiazole rings is 1. The van der Waals surface area contributed by atoms with Gasteiger partial charge in [-0.1, -0.05) is 28.6 Å². The smallest absolute Gasteiger partial charge is 0.335 e. The number of benzene rings is 2. The van der Waals surface area contributed by atoms with Crippen LogP contribution in [-0.2, 0) is 11.3 Å². The van der Waals surface area contributed by atoms with Gasteiger partial charge >= 0.3 is 5.97 Å². The number of hydrogen-bond donors (Lipinski definition) is 1. The molecule has 2 aliphatic heterocycles. The first-order valence-electron chi connectivity index (χ1n) is 13.2. The van der Waals surface area contributed by atoms with E-state index in [1.807, 2.05) is 13.0 Å². The molecule has 3 aliphatic rings. The van der Waals surface area contributed by atoms with Crippen LogP contribution in [0.2, 0.25) is 0 Å². The normalized spacial score (nSPS) is 22.9. The van der Waals surface area contributed by atoms with E-state index in [2.05, 4.69) is 10.1 Å². The molecule has 0 amide bonds. The maximum Gasteiger partial charge on any atom is 0.335 e. The zero-order valence-electron chi connectivity index (χ0n) is 21.0. The summed E-state index contributed by atoms with van der Waals surface area (Å²) in [5.74, 6) is -0.0332. The Balaban J connectivity index is 1.10. The standard InChI is InChI=1S/C29H28FN3O4S/c1-15-10-17(28(34)35)11-24-25(15)31-29(38-24)33-18-8-9-19(33)13-20(12-18)36-14-22-26(21-4-2-3-5-23(21)30)32-37-27(22)16-6-7-16/h2-5,10-11,16,18-20H,6-9,12-14H2,1H3,(H,34,35)/t18-,19+,20?. The molecule has 2 saturated heterocycles. The molecule has 1 unspecified atom stereocenters. The predicted molar refractivity (Wildman–Crippen MR) is 142 cm³/mol. The van der Waals surface area contributed by atoms with Crippen LogP contribution in [0.3, 0.4) is 0 Å². The number of carboxylic acids is 1. The highest BCUT2D eigenvalue weighted by Crippen LogP contribution is 2.46. The van der Waals surface area contributed by atoms with Crippen LogP contribution in [0.4, 0.5) is 9.52 Å². The number of nitrogens with zero attached hydrogens (tertiary/aromatic N) is 3. The van der Waals surface area contributed by atoms with Crippen LogP contribution in [0.15, 0.2) is 40.9 Å². The van der Waals surface area contributed by atoms with Gasteiger partial charge in [-0.2, -0.15) is 0 Å². The third-order valence-corrected chi connectivity index (χ3v) is 9.21. The third-order valence-electron chi connectivity index (χ3n) is 8.19. The number of aryl methyl sites for hydroxylation is 1. The molecule has 4 heterocycles. The fourth-order valence-electron chi connectivity index (χ4n) is 6.19. The zero-order valence-corrected chi connectivity index (χ0v) is 21.8. The van der Waals surface area contributed by atoms with Crippen molar-refractivity contribution in [1.82, 2.24) is 10.1 Å². The van der Waals surface area contributed by atoms with Crippen molar-refractivity contribution in [1.29, 1.82) is 0 Å². The van der Waals surface area contributed by atoms with Gasteiger partial charge in [-0.15, -0.1) is 0 Å². The van der Waals surface area contributed by atoms with E-state index in [4.69, 9.17) is 14.2 Å². The molecule has 2 bridgehead atoms. The van der Waals surface area contributed by atoms with E-state index < -0.39 is 5.97 Å². The van der Waals surface area contributed by atoms with Crippen LogP contribution in [0, 0.1) is 12.7 Å².